The molecule has 0 amide bonds. The number of benzene rings is 1. The molecule has 1 aromatic carbocycles. The third-order valence-electron chi connectivity index (χ3n) is 5.24. The van der Waals surface area contributed by atoms with Gasteiger partial charge in [0.2, 0.25) is 0 Å². The van der Waals surface area contributed by atoms with Crippen LogP contribution in [0, 0.1) is 17.2 Å². The highest BCUT2D eigenvalue weighted by atomic mass is 16.5. The number of aromatic amines is 2. The first-order chi connectivity index (χ1) is 14.9. The molecule has 0 saturated carbocycles. The lowest BCUT2D eigenvalue weighted by Gasteiger charge is -2.19. The molecule has 1 saturated heterocycles. The van der Waals surface area contributed by atoms with Gasteiger partial charge in [-0.3, -0.25) is 14.6 Å². The summed E-state index contributed by atoms with van der Waals surface area (Å²) in [5.74, 6) is 0.908. The number of ether oxygens (including phenoxy) is 1. The van der Waals surface area contributed by atoms with Crippen LogP contribution in [0.3, 0.4) is 0 Å². The van der Waals surface area contributed by atoms with Crippen LogP contribution in [-0.4, -0.2) is 39.4 Å². The van der Waals surface area contributed by atoms with Crippen molar-refractivity contribution in [2.75, 3.05) is 24.6 Å². The minimum atomic E-state index is -0.608. The number of hydrogen-bond donors (Lipinski definition) is 2. The Kier molecular flexibility index (Phi) is 5.41. The second-order valence-corrected chi connectivity index (χ2v) is 7.38. The zero-order valence-corrected chi connectivity index (χ0v) is 16.8. The van der Waals surface area contributed by atoms with Crippen LogP contribution in [0.5, 0.6) is 5.75 Å². The summed E-state index contributed by atoms with van der Waals surface area (Å²) in [6.07, 6.45) is 2.13. The number of rotatable bonds is 5. The van der Waals surface area contributed by atoms with Crippen LogP contribution in [0.15, 0.2) is 50.9 Å². The maximum Gasteiger partial charge on any atom is 0.325 e. The molecule has 1 aliphatic heterocycles. The largest absolute Gasteiger partial charge is 0.493 e. The van der Waals surface area contributed by atoms with Crippen molar-refractivity contribution in [2.24, 2.45) is 13.0 Å². The SMILES string of the molecule is Cn1nc(-c2c[nH]c(=O)[nH]c2=O)cc(N2CCC(COc3ccc(C#N)cc3)C2)c1=O. The molecule has 3 aromatic rings. The lowest BCUT2D eigenvalue weighted by atomic mass is 10.1. The Morgan fingerprint density at radius 3 is 2.74 bits per heavy atom. The molecule has 158 valence electrons. The lowest BCUT2D eigenvalue weighted by Crippen LogP contribution is -2.32. The highest BCUT2D eigenvalue weighted by Gasteiger charge is 2.26. The Bertz CT molecular complexity index is 1320. The van der Waals surface area contributed by atoms with E-state index in [0.29, 0.717) is 42.4 Å². The number of aryl methyl sites for hydroxylation is 1. The molecule has 10 heteroatoms. The molecule has 1 unspecified atom stereocenters. The van der Waals surface area contributed by atoms with Gasteiger partial charge in [0.05, 0.1) is 23.8 Å². The fourth-order valence-corrected chi connectivity index (χ4v) is 3.58. The first-order valence-electron chi connectivity index (χ1n) is 9.73. The third kappa shape index (κ3) is 4.25. The normalized spacial score (nSPS) is 15.6. The van der Waals surface area contributed by atoms with Gasteiger partial charge < -0.3 is 14.6 Å². The van der Waals surface area contributed by atoms with Crippen molar-refractivity contribution in [1.29, 1.82) is 5.26 Å². The van der Waals surface area contributed by atoms with Crippen LogP contribution in [0.2, 0.25) is 0 Å². The fourth-order valence-electron chi connectivity index (χ4n) is 3.58. The molecule has 3 heterocycles. The van der Waals surface area contributed by atoms with Crippen molar-refractivity contribution in [3.8, 4) is 23.1 Å². The summed E-state index contributed by atoms with van der Waals surface area (Å²) in [5.41, 5.74) is 0.0462. The molecule has 10 nitrogen and oxygen atoms in total. The van der Waals surface area contributed by atoms with Gasteiger partial charge in [0.15, 0.2) is 0 Å². The minimum Gasteiger partial charge on any atom is -0.493 e. The van der Waals surface area contributed by atoms with E-state index in [1.165, 1.54) is 17.9 Å². The average molecular weight is 420 g/mol. The molecular weight excluding hydrogens is 400 g/mol. The van der Waals surface area contributed by atoms with Gasteiger partial charge in [0, 0.05) is 32.3 Å². The Labute approximate surface area is 176 Å². The summed E-state index contributed by atoms with van der Waals surface area (Å²) in [5, 5.41) is 13.0. The first kappa shape index (κ1) is 20.2. The fraction of sp³-hybridized carbons (Fsp3) is 0.286. The maximum absolute atomic E-state index is 12.7. The number of aromatic nitrogens is 4. The molecule has 0 spiro atoms. The van der Waals surface area contributed by atoms with Crippen LogP contribution in [-0.2, 0) is 7.05 Å². The summed E-state index contributed by atoms with van der Waals surface area (Å²) in [6.45, 7) is 1.78. The molecule has 1 atom stereocenters. The summed E-state index contributed by atoms with van der Waals surface area (Å²) in [4.78, 5) is 42.6. The van der Waals surface area contributed by atoms with E-state index in [0.717, 1.165) is 6.42 Å². The summed E-state index contributed by atoms with van der Waals surface area (Å²) in [6, 6.07) is 10.6. The van der Waals surface area contributed by atoms with E-state index >= 15 is 0 Å². The van der Waals surface area contributed by atoms with E-state index < -0.39 is 11.2 Å². The van der Waals surface area contributed by atoms with E-state index in [2.05, 4.69) is 21.1 Å². The van der Waals surface area contributed by atoms with Gasteiger partial charge in [-0.25, -0.2) is 9.48 Å². The molecule has 31 heavy (non-hydrogen) atoms. The van der Waals surface area contributed by atoms with E-state index in [-0.39, 0.29) is 17.0 Å². The maximum atomic E-state index is 12.7. The average Bonchev–Trinajstić information content (AvgIpc) is 3.23. The van der Waals surface area contributed by atoms with Crippen molar-refractivity contribution < 1.29 is 4.74 Å². The van der Waals surface area contributed by atoms with Crippen LogP contribution in [0.1, 0.15) is 12.0 Å². The monoisotopic (exact) mass is 420 g/mol. The Morgan fingerprint density at radius 2 is 2.03 bits per heavy atom. The number of hydrogen-bond acceptors (Lipinski definition) is 7. The molecule has 1 fully saturated rings. The van der Waals surface area contributed by atoms with Gasteiger partial charge in [-0.1, -0.05) is 0 Å². The number of H-pyrrole nitrogens is 2. The van der Waals surface area contributed by atoms with Gasteiger partial charge in [-0.05, 0) is 36.8 Å². The summed E-state index contributed by atoms with van der Waals surface area (Å²) >= 11 is 0. The van der Waals surface area contributed by atoms with E-state index in [1.807, 2.05) is 4.90 Å². The van der Waals surface area contributed by atoms with Gasteiger partial charge in [0.1, 0.15) is 17.1 Å². The molecule has 4 rings (SSSR count). The molecule has 2 N–H and O–H groups in total. The highest BCUT2D eigenvalue weighted by Crippen LogP contribution is 2.24. The molecule has 0 radical (unpaired) electrons. The van der Waals surface area contributed by atoms with E-state index in [9.17, 15) is 14.4 Å². The summed E-state index contributed by atoms with van der Waals surface area (Å²) < 4.78 is 7.03. The van der Waals surface area contributed by atoms with Gasteiger partial charge in [-0.2, -0.15) is 10.4 Å². The third-order valence-corrected chi connectivity index (χ3v) is 5.24. The lowest BCUT2D eigenvalue weighted by molar-refractivity contribution is 0.261. The molecule has 2 aromatic heterocycles. The van der Waals surface area contributed by atoms with Crippen LogP contribution >= 0.6 is 0 Å². The minimum absolute atomic E-state index is 0.177. The second-order valence-electron chi connectivity index (χ2n) is 7.38. The van der Waals surface area contributed by atoms with Crippen molar-refractivity contribution >= 4 is 5.69 Å². The van der Waals surface area contributed by atoms with Gasteiger partial charge in [0.25, 0.3) is 11.1 Å². The van der Waals surface area contributed by atoms with Crippen LogP contribution < -0.4 is 26.4 Å². The topological polar surface area (TPSA) is 137 Å². The molecule has 1 aliphatic rings. The quantitative estimate of drug-likeness (QED) is 0.617. The zero-order valence-electron chi connectivity index (χ0n) is 16.8. The highest BCUT2D eigenvalue weighted by molar-refractivity contribution is 5.62. The second kappa shape index (κ2) is 8.31. The molecular formula is C21H20N6O4. The van der Waals surface area contributed by atoms with E-state index in [4.69, 9.17) is 10.00 Å². The van der Waals surface area contributed by atoms with E-state index in [1.54, 1.807) is 30.3 Å². The molecule has 0 bridgehead atoms. The number of nitrogens with zero attached hydrogens (tertiary/aromatic N) is 4. The number of nitrogens with one attached hydrogen (secondary N) is 2. The van der Waals surface area contributed by atoms with Gasteiger partial charge >= 0.3 is 5.69 Å². The summed E-state index contributed by atoms with van der Waals surface area (Å²) in [7, 11) is 1.52. The molecule has 0 aliphatic carbocycles. The van der Waals surface area contributed by atoms with Crippen molar-refractivity contribution in [2.45, 2.75) is 6.42 Å². The number of nitriles is 1. The number of anilines is 1. The predicted octanol–water partition coefficient (Wildman–Crippen LogP) is 0.601. The van der Waals surface area contributed by atoms with Gasteiger partial charge in [-0.15, -0.1) is 0 Å². The van der Waals surface area contributed by atoms with Crippen molar-refractivity contribution in [1.82, 2.24) is 19.7 Å². The van der Waals surface area contributed by atoms with Crippen molar-refractivity contribution in [3.63, 3.8) is 0 Å². The Hall–Kier alpha value is -4.13. The van der Waals surface area contributed by atoms with Crippen molar-refractivity contribution in [3.05, 3.63) is 73.3 Å². The smallest absolute Gasteiger partial charge is 0.325 e. The van der Waals surface area contributed by atoms with Crippen LogP contribution in [0.25, 0.3) is 11.3 Å². The zero-order chi connectivity index (χ0) is 22.0. The van der Waals surface area contributed by atoms with Crippen LogP contribution in [0.4, 0.5) is 5.69 Å². The Morgan fingerprint density at radius 1 is 1.26 bits per heavy atom. The predicted molar refractivity (Wildman–Crippen MR) is 113 cm³/mol. The Balaban J connectivity index is 1.51. The first-order valence-corrected chi connectivity index (χ1v) is 9.73. The standard InChI is InChI=1S/C21H20N6O4/c1-26-20(29)18(8-17(25-26)16-10-23-21(30)24-19(16)28)27-7-6-14(11-27)12-31-15-4-2-13(9-22)3-5-15/h2-5,8,10,14H,6-7,11-12H2,1H3,(H2,23,24,28,30).